The quantitative estimate of drug-likeness (QED) is 0.812. The van der Waals surface area contributed by atoms with Gasteiger partial charge >= 0.3 is 0 Å². The van der Waals surface area contributed by atoms with Gasteiger partial charge in [0.25, 0.3) is 0 Å². The van der Waals surface area contributed by atoms with Gasteiger partial charge < -0.3 is 10.1 Å². The number of hydrogen-bond acceptors (Lipinski definition) is 4. The molecule has 0 bridgehead atoms. The fourth-order valence-electron chi connectivity index (χ4n) is 1.46. The van der Waals surface area contributed by atoms with E-state index < -0.39 is 0 Å². The standard InChI is InChI=1S/C11H20N2OS/c1-8(5-6-14-4)13-9(2)11-7-12-10(3)15-11/h7-9,13H,5-6H2,1-4H3. The molecule has 15 heavy (non-hydrogen) atoms. The van der Waals surface area contributed by atoms with Crippen molar-refractivity contribution in [3.05, 3.63) is 16.1 Å². The number of rotatable bonds is 6. The number of methoxy groups -OCH3 is 1. The first-order chi connectivity index (χ1) is 7.13. The highest BCUT2D eigenvalue weighted by Crippen LogP contribution is 2.20. The fraction of sp³-hybridized carbons (Fsp3) is 0.727. The number of nitrogens with one attached hydrogen (secondary N) is 1. The number of nitrogens with zero attached hydrogens (tertiary/aromatic N) is 1. The highest BCUT2D eigenvalue weighted by Gasteiger charge is 2.11. The minimum atomic E-state index is 0.378. The van der Waals surface area contributed by atoms with Gasteiger partial charge in [0, 0.05) is 36.9 Å². The topological polar surface area (TPSA) is 34.1 Å². The van der Waals surface area contributed by atoms with Crippen molar-refractivity contribution in [3.63, 3.8) is 0 Å². The van der Waals surface area contributed by atoms with Crippen LogP contribution >= 0.6 is 11.3 Å². The van der Waals surface area contributed by atoms with E-state index in [1.807, 2.05) is 13.1 Å². The third-order valence-electron chi connectivity index (χ3n) is 2.36. The van der Waals surface area contributed by atoms with E-state index in [4.69, 9.17) is 4.74 Å². The molecule has 0 aromatic carbocycles. The predicted octanol–water partition coefficient (Wildman–Crippen LogP) is 2.53. The molecule has 1 aromatic heterocycles. The molecule has 0 amide bonds. The molecule has 4 heteroatoms. The van der Waals surface area contributed by atoms with Gasteiger partial charge in [-0.2, -0.15) is 0 Å². The van der Waals surface area contributed by atoms with Crippen molar-refractivity contribution in [3.8, 4) is 0 Å². The minimum Gasteiger partial charge on any atom is -0.385 e. The lowest BCUT2D eigenvalue weighted by atomic mass is 10.2. The van der Waals surface area contributed by atoms with Crippen LogP contribution in [-0.2, 0) is 4.74 Å². The van der Waals surface area contributed by atoms with Gasteiger partial charge in [-0.15, -0.1) is 11.3 Å². The molecule has 0 aliphatic heterocycles. The van der Waals surface area contributed by atoms with E-state index >= 15 is 0 Å². The van der Waals surface area contributed by atoms with Crippen LogP contribution in [-0.4, -0.2) is 24.7 Å². The molecule has 0 saturated heterocycles. The zero-order valence-electron chi connectivity index (χ0n) is 9.91. The van der Waals surface area contributed by atoms with Crippen LogP contribution < -0.4 is 5.32 Å². The first kappa shape index (κ1) is 12.6. The lowest BCUT2D eigenvalue weighted by Gasteiger charge is -2.18. The van der Waals surface area contributed by atoms with E-state index in [9.17, 15) is 0 Å². The third-order valence-corrected chi connectivity index (χ3v) is 3.45. The average Bonchev–Trinajstić information content (AvgIpc) is 2.61. The molecular weight excluding hydrogens is 208 g/mol. The molecule has 86 valence electrons. The fourth-order valence-corrected chi connectivity index (χ4v) is 2.26. The second-order valence-corrected chi connectivity index (χ2v) is 5.12. The summed E-state index contributed by atoms with van der Waals surface area (Å²) in [4.78, 5) is 5.56. The van der Waals surface area contributed by atoms with Gasteiger partial charge in [0.1, 0.15) is 0 Å². The number of ether oxygens (including phenoxy) is 1. The van der Waals surface area contributed by atoms with Crippen molar-refractivity contribution in [2.45, 2.75) is 39.3 Å². The summed E-state index contributed by atoms with van der Waals surface area (Å²) in [6.07, 6.45) is 3.00. The van der Waals surface area contributed by atoms with Crippen LogP contribution in [0.5, 0.6) is 0 Å². The Bertz CT molecular complexity index is 288. The van der Waals surface area contributed by atoms with Crippen molar-refractivity contribution < 1.29 is 4.74 Å². The molecule has 2 atom stereocenters. The number of aryl methyl sites for hydroxylation is 1. The first-order valence-electron chi connectivity index (χ1n) is 5.30. The zero-order chi connectivity index (χ0) is 11.3. The van der Waals surface area contributed by atoms with E-state index in [1.165, 1.54) is 4.88 Å². The molecule has 1 N–H and O–H groups in total. The van der Waals surface area contributed by atoms with Crippen LogP contribution in [0.15, 0.2) is 6.20 Å². The summed E-state index contributed by atoms with van der Waals surface area (Å²) in [5.41, 5.74) is 0. The molecule has 2 unspecified atom stereocenters. The second kappa shape index (κ2) is 6.20. The van der Waals surface area contributed by atoms with Gasteiger partial charge in [-0.3, -0.25) is 0 Å². The van der Waals surface area contributed by atoms with Crippen LogP contribution in [0.2, 0.25) is 0 Å². The van der Waals surface area contributed by atoms with Crippen LogP contribution in [0.1, 0.15) is 36.2 Å². The molecule has 0 spiro atoms. The molecule has 1 rings (SSSR count). The molecule has 0 saturated carbocycles. The lowest BCUT2D eigenvalue weighted by molar-refractivity contribution is 0.183. The Morgan fingerprint density at radius 3 is 2.80 bits per heavy atom. The predicted molar refractivity (Wildman–Crippen MR) is 64.4 cm³/mol. The van der Waals surface area contributed by atoms with E-state index in [0.717, 1.165) is 18.0 Å². The summed E-state index contributed by atoms with van der Waals surface area (Å²) in [5, 5.41) is 4.66. The summed E-state index contributed by atoms with van der Waals surface area (Å²) >= 11 is 1.76. The smallest absolute Gasteiger partial charge is 0.0897 e. The molecular formula is C11H20N2OS. The summed E-state index contributed by atoms with van der Waals surface area (Å²) in [6.45, 7) is 7.21. The Hall–Kier alpha value is -0.450. The van der Waals surface area contributed by atoms with Crippen molar-refractivity contribution in [2.24, 2.45) is 0 Å². The molecule has 1 heterocycles. The van der Waals surface area contributed by atoms with Gasteiger partial charge in [-0.05, 0) is 27.2 Å². The number of hydrogen-bond donors (Lipinski definition) is 1. The minimum absolute atomic E-state index is 0.378. The van der Waals surface area contributed by atoms with Crippen LogP contribution in [0.25, 0.3) is 0 Å². The van der Waals surface area contributed by atoms with Crippen molar-refractivity contribution >= 4 is 11.3 Å². The lowest BCUT2D eigenvalue weighted by Crippen LogP contribution is -2.29. The maximum absolute atomic E-state index is 5.05. The first-order valence-corrected chi connectivity index (χ1v) is 6.12. The van der Waals surface area contributed by atoms with E-state index in [0.29, 0.717) is 12.1 Å². The number of aromatic nitrogens is 1. The Kier molecular flexibility index (Phi) is 5.22. The third kappa shape index (κ3) is 4.28. The largest absolute Gasteiger partial charge is 0.385 e. The molecule has 1 aromatic rings. The Labute approximate surface area is 95.9 Å². The van der Waals surface area contributed by atoms with Crippen LogP contribution in [0.4, 0.5) is 0 Å². The van der Waals surface area contributed by atoms with Crippen LogP contribution in [0.3, 0.4) is 0 Å². The number of thiazole rings is 1. The van der Waals surface area contributed by atoms with E-state index in [2.05, 4.69) is 24.1 Å². The summed E-state index contributed by atoms with van der Waals surface area (Å²) in [5.74, 6) is 0. The maximum atomic E-state index is 5.05. The second-order valence-electron chi connectivity index (χ2n) is 3.85. The van der Waals surface area contributed by atoms with Gasteiger partial charge in [0.05, 0.1) is 5.01 Å². The molecule has 0 radical (unpaired) electrons. The van der Waals surface area contributed by atoms with Crippen LogP contribution in [0, 0.1) is 6.92 Å². The molecule has 0 aliphatic rings. The zero-order valence-corrected chi connectivity index (χ0v) is 10.7. The molecule has 0 fully saturated rings. The highest BCUT2D eigenvalue weighted by atomic mass is 32.1. The van der Waals surface area contributed by atoms with Gasteiger partial charge in [0.2, 0.25) is 0 Å². The van der Waals surface area contributed by atoms with E-state index in [-0.39, 0.29) is 0 Å². The summed E-state index contributed by atoms with van der Waals surface area (Å²) in [7, 11) is 1.74. The Balaban J connectivity index is 2.38. The molecule has 3 nitrogen and oxygen atoms in total. The van der Waals surface area contributed by atoms with Crippen molar-refractivity contribution in [1.82, 2.24) is 10.3 Å². The van der Waals surface area contributed by atoms with Gasteiger partial charge in [0.15, 0.2) is 0 Å². The Morgan fingerprint density at radius 2 is 2.27 bits per heavy atom. The summed E-state index contributed by atoms with van der Waals surface area (Å²) < 4.78 is 5.05. The van der Waals surface area contributed by atoms with Gasteiger partial charge in [-0.25, -0.2) is 4.98 Å². The normalized spacial score (nSPS) is 15.2. The highest BCUT2D eigenvalue weighted by molar-refractivity contribution is 7.11. The van der Waals surface area contributed by atoms with E-state index in [1.54, 1.807) is 18.4 Å². The van der Waals surface area contributed by atoms with Crippen molar-refractivity contribution in [2.75, 3.05) is 13.7 Å². The Morgan fingerprint density at radius 1 is 1.53 bits per heavy atom. The van der Waals surface area contributed by atoms with Gasteiger partial charge in [-0.1, -0.05) is 0 Å². The monoisotopic (exact) mass is 228 g/mol. The molecule has 0 aliphatic carbocycles. The SMILES string of the molecule is COCCC(C)NC(C)c1cnc(C)s1. The maximum Gasteiger partial charge on any atom is 0.0897 e. The van der Waals surface area contributed by atoms with Crippen molar-refractivity contribution in [1.29, 1.82) is 0 Å². The average molecular weight is 228 g/mol. The summed E-state index contributed by atoms with van der Waals surface area (Å²) in [6, 6.07) is 0.852.